The third kappa shape index (κ3) is 4.46. The molecule has 0 saturated carbocycles. The van der Waals surface area contributed by atoms with Crippen LogP contribution in [0, 0.1) is 5.92 Å². The molecular formula is C22H30N2O4. The van der Waals surface area contributed by atoms with Crippen LogP contribution < -0.4 is 0 Å². The number of hydrogen-bond donors (Lipinski definition) is 2. The van der Waals surface area contributed by atoms with Crippen LogP contribution in [0.4, 0.5) is 0 Å². The number of nitrogens with zero attached hydrogens (tertiary/aromatic N) is 2. The molecule has 152 valence electrons. The van der Waals surface area contributed by atoms with Gasteiger partial charge in [0.25, 0.3) is 5.91 Å². The number of β-amino-alcohol motifs (C(OH)–C–C–N with tert-alkyl or cyclic N) is 1. The minimum Gasteiger partial charge on any atom is -0.459 e. The summed E-state index contributed by atoms with van der Waals surface area (Å²) in [6.45, 7) is 7.35. The minimum absolute atomic E-state index is 0.0574. The number of piperidine rings is 1. The van der Waals surface area contributed by atoms with Crippen molar-refractivity contribution in [3.63, 3.8) is 0 Å². The number of aliphatic hydroxyl groups excluding tert-OH is 2. The first kappa shape index (κ1) is 20.6. The molecule has 1 aromatic heterocycles. The van der Waals surface area contributed by atoms with Crippen LogP contribution in [0.25, 0.3) is 11.3 Å². The van der Waals surface area contributed by atoms with Crippen molar-refractivity contribution >= 4 is 5.91 Å². The predicted octanol–water partition coefficient (Wildman–Crippen LogP) is 2.60. The van der Waals surface area contributed by atoms with Crippen LogP contribution in [0.3, 0.4) is 0 Å². The van der Waals surface area contributed by atoms with Gasteiger partial charge in [0.2, 0.25) is 0 Å². The lowest BCUT2D eigenvalue weighted by Crippen LogP contribution is -2.47. The topological polar surface area (TPSA) is 77.2 Å². The van der Waals surface area contributed by atoms with Crippen LogP contribution in [0.2, 0.25) is 0 Å². The molecule has 3 rings (SSSR count). The number of carbonyl (C=O) groups is 1. The molecule has 28 heavy (non-hydrogen) atoms. The van der Waals surface area contributed by atoms with Gasteiger partial charge in [-0.25, -0.2) is 0 Å². The highest BCUT2D eigenvalue weighted by Gasteiger charge is 2.32. The minimum atomic E-state index is -0.704. The van der Waals surface area contributed by atoms with Gasteiger partial charge in [0, 0.05) is 31.2 Å². The number of rotatable bonds is 7. The quantitative estimate of drug-likeness (QED) is 0.765. The SMILES string of the molecule is CCN(CC)Cc1cc(C(=O)N2CC[C@H](CO)[C@@H](O)C2)c(-c2ccccc2)o1. The number of furan rings is 1. The molecule has 0 unspecified atom stereocenters. The zero-order valence-corrected chi connectivity index (χ0v) is 16.7. The first-order chi connectivity index (χ1) is 13.6. The third-order valence-corrected chi connectivity index (χ3v) is 5.57. The standard InChI is InChI=1S/C22H30N2O4/c1-3-23(4-2)13-18-12-19(21(28-18)16-8-6-5-7-9-16)22(27)24-11-10-17(15-25)20(26)14-24/h5-9,12,17,20,25-26H,3-4,10-11,13-15H2,1-2H3/t17-,20+/m1/s1. The van der Waals surface area contributed by atoms with Gasteiger partial charge in [-0.15, -0.1) is 0 Å². The summed E-state index contributed by atoms with van der Waals surface area (Å²) in [4.78, 5) is 17.1. The van der Waals surface area contributed by atoms with E-state index in [-0.39, 0.29) is 25.0 Å². The maximum Gasteiger partial charge on any atom is 0.257 e. The summed E-state index contributed by atoms with van der Waals surface area (Å²) in [6, 6.07) is 11.5. The molecule has 2 atom stereocenters. The fourth-order valence-corrected chi connectivity index (χ4v) is 3.70. The van der Waals surface area contributed by atoms with Crippen molar-refractivity contribution in [1.29, 1.82) is 0 Å². The van der Waals surface area contributed by atoms with Crippen molar-refractivity contribution in [3.05, 3.63) is 47.7 Å². The normalized spacial score (nSPS) is 20.0. The van der Waals surface area contributed by atoms with E-state index >= 15 is 0 Å². The van der Waals surface area contributed by atoms with E-state index in [0.717, 1.165) is 24.4 Å². The lowest BCUT2D eigenvalue weighted by atomic mass is 9.94. The monoisotopic (exact) mass is 386 g/mol. The molecular weight excluding hydrogens is 356 g/mol. The Balaban J connectivity index is 1.90. The Labute approximate surface area is 166 Å². The highest BCUT2D eigenvalue weighted by molar-refractivity contribution is 6.00. The van der Waals surface area contributed by atoms with E-state index in [0.29, 0.717) is 30.8 Å². The first-order valence-electron chi connectivity index (χ1n) is 10.1. The lowest BCUT2D eigenvalue weighted by molar-refractivity contribution is 0.000885. The summed E-state index contributed by atoms with van der Waals surface area (Å²) in [7, 11) is 0. The van der Waals surface area contributed by atoms with Crippen molar-refractivity contribution in [1.82, 2.24) is 9.80 Å². The van der Waals surface area contributed by atoms with Gasteiger partial charge in [-0.05, 0) is 25.6 Å². The van der Waals surface area contributed by atoms with Crippen molar-refractivity contribution in [3.8, 4) is 11.3 Å². The fourth-order valence-electron chi connectivity index (χ4n) is 3.70. The number of carbonyl (C=O) groups excluding carboxylic acids is 1. The summed E-state index contributed by atoms with van der Waals surface area (Å²) >= 11 is 0. The van der Waals surface area contributed by atoms with Gasteiger partial charge < -0.3 is 19.5 Å². The first-order valence-corrected chi connectivity index (χ1v) is 10.1. The summed E-state index contributed by atoms with van der Waals surface area (Å²) in [6.07, 6.45) is -0.112. The summed E-state index contributed by atoms with van der Waals surface area (Å²) in [5.41, 5.74) is 1.39. The third-order valence-electron chi connectivity index (χ3n) is 5.57. The summed E-state index contributed by atoms with van der Waals surface area (Å²) in [5.74, 6) is 1.03. The summed E-state index contributed by atoms with van der Waals surface area (Å²) < 4.78 is 6.12. The molecule has 1 saturated heterocycles. The number of aliphatic hydroxyl groups is 2. The highest BCUT2D eigenvalue weighted by atomic mass is 16.3. The van der Waals surface area contributed by atoms with Crippen molar-refractivity contribution in [2.75, 3.05) is 32.8 Å². The van der Waals surface area contributed by atoms with Crippen LogP contribution in [0.15, 0.2) is 40.8 Å². The van der Waals surface area contributed by atoms with E-state index in [2.05, 4.69) is 18.7 Å². The molecule has 1 aliphatic heterocycles. The van der Waals surface area contributed by atoms with Crippen molar-refractivity contribution < 1.29 is 19.4 Å². The second kappa shape index (κ2) is 9.37. The average Bonchev–Trinajstić information content (AvgIpc) is 3.15. The number of amides is 1. The Hall–Kier alpha value is -2.15. The lowest BCUT2D eigenvalue weighted by Gasteiger charge is -2.35. The molecule has 1 aliphatic rings. The van der Waals surface area contributed by atoms with Gasteiger partial charge >= 0.3 is 0 Å². The maximum atomic E-state index is 13.3. The maximum absolute atomic E-state index is 13.3. The Morgan fingerprint density at radius 3 is 2.57 bits per heavy atom. The van der Waals surface area contributed by atoms with Crippen molar-refractivity contribution in [2.45, 2.75) is 32.9 Å². The molecule has 1 aromatic carbocycles. The summed E-state index contributed by atoms with van der Waals surface area (Å²) in [5, 5.41) is 19.6. The second-order valence-electron chi connectivity index (χ2n) is 7.33. The van der Waals surface area contributed by atoms with Crippen LogP contribution in [0.1, 0.15) is 36.4 Å². The van der Waals surface area contributed by atoms with Crippen LogP contribution in [-0.4, -0.2) is 64.8 Å². The van der Waals surface area contributed by atoms with Gasteiger partial charge in [-0.2, -0.15) is 0 Å². The van der Waals surface area contributed by atoms with Crippen LogP contribution >= 0.6 is 0 Å². The predicted molar refractivity (Wildman–Crippen MR) is 108 cm³/mol. The Kier molecular flexibility index (Phi) is 6.88. The van der Waals surface area contributed by atoms with E-state index in [4.69, 9.17) is 4.42 Å². The fraction of sp³-hybridized carbons (Fsp3) is 0.500. The molecule has 0 aliphatic carbocycles. The zero-order valence-electron chi connectivity index (χ0n) is 16.7. The van der Waals surface area contributed by atoms with Crippen molar-refractivity contribution in [2.24, 2.45) is 5.92 Å². The Morgan fingerprint density at radius 1 is 1.25 bits per heavy atom. The van der Waals surface area contributed by atoms with Crippen LogP contribution in [-0.2, 0) is 6.54 Å². The van der Waals surface area contributed by atoms with Gasteiger partial charge in [-0.1, -0.05) is 44.2 Å². The average molecular weight is 386 g/mol. The molecule has 0 bridgehead atoms. The zero-order chi connectivity index (χ0) is 20.1. The van der Waals surface area contributed by atoms with E-state index in [9.17, 15) is 15.0 Å². The van der Waals surface area contributed by atoms with Gasteiger partial charge in [0.15, 0.2) is 0 Å². The van der Waals surface area contributed by atoms with Crippen LogP contribution in [0.5, 0.6) is 0 Å². The van der Waals surface area contributed by atoms with Gasteiger partial charge in [-0.3, -0.25) is 9.69 Å². The van der Waals surface area contributed by atoms with E-state index in [1.807, 2.05) is 36.4 Å². The molecule has 6 nitrogen and oxygen atoms in total. The molecule has 2 N–H and O–H groups in total. The largest absolute Gasteiger partial charge is 0.459 e. The molecule has 1 fully saturated rings. The highest BCUT2D eigenvalue weighted by Crippen LogP contribution is 2.30. The van der Waals surface area contributed by atoms with E-state index in [1.165, 1.54) is 0 Å². The number of likely N-dealkylation sites (tertiary alicyclic amines) is 1. The van der Waals surface area contributed by atoms with E-state index < -0.39 is 6.10 Å². The van der Waals surface area contributed by atoms with Gasteiger partial charge in [0.1, 0.15) is 11.5 Å². The molecule has 6 heteroatoms. The smallest absolute Gasteiger partial charge is 0.257 e. The molecule has 1 amide bonds. The second-order valence-corrected chi connectivity index (χ2v) is 7.33. The number of benzene rings is 1. The number of hydrogen-bond acceptors (Lipinski definition) is 5. The molecule has 0 spiro atoms. The Bertz CT molecular complexity index is 770. The molecule has 0 radical (unpaired) electrons. The molecule has 2 aromatic rings. The van der Waals surface area contributed by atoms with Gasteiger partial charge in [0.05, 0.1) is 18.2 Å². The van der Waals surface area contributed by atoms with E-state index in [1.54, 1.807) is 4.90 Å². The Morgan fingerprint density at radius 2 is 1.96 bits per heavy atom. The molecule has 2 heterocycles.